The van der Waals surface area contributed by atoms with E-state index in [4.69, 9.17) is 4.74 Å². The van der Waals surface area contributed by atoms with Crippen LogP contribution in [0.5, 0.6) is 23.0 Å². The average molecular weight is 353 g/mol. The van der Waals surface area contributed by atoms with Gasteiger partial charge in [0.2, 0.25) is 0 Å². The number of hydrogen-bond donors (Lipinski definition) is 2. The van der Waals surface area contributed by atoms with Gasteiger partial charge in [0.05, 0.1) is 12.7 Å². The van der Waals surface area contributed by atoms with E-state index in [0.717, 1.165) is 5.57 Å². The van der Waals surface area contributed by atoms with Gasteiger partial charge in [-0.1, -0.05) is 35.6 Å². The highest BCUT2D eigenvalue weighted by atomic mass is 16.5. The Hall–Kier alpha value is -3.21. The molecular formula is C21H21O5-. The minimum Gasteiger partial charge on any atom is -0.872 e. The molecule has 0 aliphatic carbocycles. The van der Waals surface area contributed by atoms with Gasteiger partial charge >= 0.3 is 0 Å². The van der Waals surface area contributed by atoms with Crippen LogP contribution >= 0.6 is 0 Å². The molecule has 0 bridgehead atoms. The molecule has 0 spiro atoms. The van der Waals surface area contributed by atoms with Crippen LogP contribution in [0.1, 0.15) is 35.3 Å². The molecule has 0 aliphatic rings. The van der Waals surface area contributed by atoms with Crippen molar-refractivity contribution < 1.29 is 24.9 Å². The SMILES string of the molecule is COc1cc(O)c(C(=O)/C=C/c2ccc(O)cc2)c([O-])c1CC=C(C)C. The van der Waals surface area contributed by atoms with E-state index in [-0.39, 0.29) is 17.1 Å². The number of ketones is 1. The number of allylic oxidation sites excluding steroid dienone is 3. The van der Waals surface area contributed by atoms with Crippen LogP contribution in [0.25, 0.3) is 6.08 Å². The van der Waals surface area contributed by atoms with E-state index >= 15 is 0 Å². The summed E-state index contributed by atoms with van der Waals surface area (Å²) in [7, 11) is 1.41. The van der Waals surface area contributed by atoms with Gasteiger partial charge in [-0.15, -0.1) is 0 Å². The van der Waals surface area contributed by atoms with Crippen molar-refractivity contribution in [3.63, 3.8) is 0 Å². The molecule has 0 fully saturated rings. The maximum Gasteiger partial charge on any atom is 0.188 e. The maximum atomic E-state index is 12.7. The second-order valence-corrected chi connectivity index (χ2v) is 6.06. The van der Waals surface area contributed by atoms with E-state index in [2.05, 4.69) is 0 Å². The molecule has 0 radical (unpaired) electrons. The lowest BCUT2D eigenvalue weighted by atomic mass is 9.99. The lowest BCUT2D eigenvalue weighted by Crippen LogP contribution is -2.08. The van der Waals surface area contributed by atoms with Crippen LogP contribution in [-0.2, 0) is 6.42 Å². The predicted molar refractivity (Wildman–Crippen MR) is 98.7 cm³/mol. The molecule has 2 aromatic carbocycles. The van der Waals surface area contributed by atoms with Crippen LogP contribution < -0.4 is 9.84 Å². The third-order valence-corrected chi connectivity index (χ3v) is 3.82. The van der Waals surface area contributed by atoms with Gasteiger partial charge < -0.3 is 20.1 Å². The lowest BCUT2D eigenvalue weighted by Gasteiger charge is -2.21. The number of methoxy groups -OCH3 is 1. The zero-order valence-corrected chi connectivity index (χ0v) is 14.9. The molecule has 26 heavy (non-hydrogen) atoms. The fourth-order valence-electron chi connectivity index (χ4n) is 2.42. The maximum absolute atomic E-state index is 12.7. The molecule has 5 nitrogen and oxygen atoms in total. The van der Waals surface area contributed by atoms with Crippen molar-refractivity contribution in [2.24, 2.45) is 0 Å². The molecule has 0 saturated carbocycles. The monoisotopic (exact) mass is 353 g/mol. The van der Waals surface area contributed by atoms with Gasteiger partial charge in [0.1, 0.15) is 17.2 Å². The largest absolute Gasteiger partial charge is 0.872 e. The first-order chi connectivity index (χ1) is 12.3. The van der Waals surface area contributed by atoms with Gasteiger partial charge in [0.15, 0.2) is 5.78 Å². The molecule has 2 aromatic rings. The number of hydrogen-bond acceptors (Lipinski definition) is 5. The normalized spacial score (nSPS) is 10.7. The van der Waals surface area contributed by atoms with Gasteiger partial charge in [-0.2, -0.15) is 0 Å². The van der Waals surface area contributed by atoms with Crippen LogP contribution in [-0.4, -0.2) is 23.1 Å². The van der Waals surface area contributed by atoms with Crippen LogP contribution in [0, 0.1) is 0 Å². The Balaban J connectivity index is 2.41. The molecule has 136 valence electrons. The summed E-state index contributed by atoms with van der Waals surface area (Å²) in [6.45, 7) is 3.81. The van der Waals surface area contributed by atoms with Crippen molar-refractivity contribution in [2.45, 2.75) is 20.3 Å². The van der Waals surface area contributed by atoms with Crippen molar-refractivity contribution in [1.82, 2.24) is 0 Å². The van der Waals surface area contributed by atoms with Crippen LogP contribution in [0.2, 0.25) is 0 Å². The van der Waals surface area contributed by atoms with Crippen molar-refractivity contribution >= 4 is 11.9 Å². The van der Waals surface area contributed by atoms with E-state index in [9.17, 15) is 20.1 Å². The molecule has 0 saturated heterocycles. The molecule has 0 unspecified atom stereocenters. The minimum absolute atomic E-state index is 0.118. The molecule has 2 rings (SSSR count). The molecule has 0 amide bonds. The fraction of sp³-hybridized carbons (Fsp3) is 0.190. The van der Waals surface area contributed by atoms with Gasteiger partial charge in [0, 0.05) is 6.07 Å². The van der Waals surface area contributed by atoms with Gasteiger partial charge in [-0.25, -0.2) is 0 Å². The number of carbonyl (C=O) groups excluding carboxylic acids is 1. The first-order valence-electron chi connectivity index (χ1n) is 8.08. The predicted octanol–water partition coefficient (Wildman–Crippen LogP) is 3.58. The summed E-state index contributed by atoms with van der Waals surface area (Å²) in [6.07, 6.45) is 4.91. The van der Waals surface area contributed by atoms with E-state index < -0.39 is 17.3 Å². The molecule has 0 atom stereocenters. The van der Waals surface area contributed by atoms with Crippen molar-refractivity contribution in [2.75, 3.05) is 7.11 Å². The lowest BCUT2D eigenvalue weighted by molar-refractivity contribution is -0.269. The zero-order chi connectivity index (χ0) is 19.3. The number of ether oxygens (including phenoxy) is 1. The van der Waals surface area contributed by atoms with Crippen LogP contribution in [0.3, 0.4) is 0 Å². The van der Waals surface area contributed by atoms with E-state index in [1.807, 2.05) is 19.9 Å². The second kappa shape index (κ2) is 8.25. The van der Waals surface area contributed by atoms with E-state index in [1.165, 1.54) is 37.5 Å². The van der Waals surface area contributed by atoms with Crippen LogP contribution in [0.4, 0.5) is 0 Å². The smallest absolute Gasteiger partial charge is 0.188 e. The Kier molecular flexibility index (Phi) is 6.07. The standard InChI is InChI=1S/C21H22O5/c1-13(2)4-10-16-19(26-3)12-18(24)20(21(16)25)17(23)11-7-14-5-8-15(22)9-6-14/h4-9,11-12,22,24-25H,10H2,1-3H3/p-1/b11-7+. The van der Waals surface area contributed by atoms with E-state index in [1.54, 1.807) is 12.1 Å². The molecule has 5 heteroatoms. The average Bonchev–Trinajstić information content (AvgIpc) is 2.59. The first kappa shape index (κ1) is 19.1. The Bertz CT molecular complexity index is 857. The summed E-state index contributed by atoms with van der Waals surface area (Å²) >= 11 is 0. The fourth-order valence-corrected chi connectivity index (χ4v) is 2.42. The molecule has 0 aliphatic heterocycles. The number of phenolic OH excluding ortho intramolecular Hbond substituents is 2. The quantitative estimate of drug-likeness (QED) is 0.471. The topological polar surface area (TPSA) is 89.8 Å². The van der Waals surface area contributed by atoms with Crippen molar-refractivity contribution in [3.05, 3.63) is 64.7 Å². The van der Waals surface area contributed by atoms with Crippen molar-refractivity contribution in [3.8, 4) is 23.0 Å². The Morgan fingerprint density at radius 3 is 2.42 bits per heavy atom. The number of rotatable bonds is 6. The zero-order valence-electron chi connectivity index (χ0n) is 14.9. The van der Waals surface area contributed by atoms with Crippen molar-refractivity contribution in [1.29, 1.82) is 0 Å². The third-order valence-electron chi connectivity index (χ3n) is 3.82. The summed E-state index contributed by atoms with van der Waals surface area (Å²) < 4.78 is 5.17. The summed E-state index contributed by atoms with van der Waals surface area (Å²) in [4.78, 5) is 12.5. The van der Waals surface area contributed by atoms with Gasteiger partial charge in [-0.05, 0) is 49.6 Å². The third kappa shape index (κ3) is 4.45. The molecule has 0 aromatic heterocycles. The number of aromatic hydroxyl groups is 2. The van der Waals surface area contributed by atoms with Crippen LogP contribution in [0.15, 0.2) is 48.1 Å². The number of carbonyl (C=O) groups is 1. The first-order valence-corrected chi connectivity index (χ1v) is 8.08. The molecule has 2 N–H and O–H groups in total. The van der Waals surface area contributed by atoms with E-state index in [0.29, 0.717) is 17.5 Å². The molecule has 0 heterocycles. The second-order valence-electron chi connectivity index (χ2n) is 6.06. The highest BCUT2D eigenvalue weighted by Gasteiger charge is 2.16. The summed E-state index contributed by atoms with van der Waals surface area (Å²) in [5.41, 5.74) is 1.76. The minimum atomic E-state index is -0.596. The summed E-state index contributed by atoms with van der Waals surface area (Å²) in [5, 5.41) is 32.1. The highest BCUT2D eigenvalue weighted by Crippen LogP contribution is 2.37. The summed E-state index contributed by atoms with van der Waals surface area (Å²) in [5.74, 6) is -1.18. The number of phenols is 2. The highest BCUT2D eigenvalue weighted by molar-refractivity contribution is 6.10. The molecular weight excluding hydrogens is 332 g/mol. The Labute approximate surface area is 152 Å². The van der Waals surface area contributed by atoms with Gasteiger partial charge in [-0.3, -0.25) is 4.79 Å². The Morgan fingerprint density at radius 2 is 1.85 bits per heavy atom. The Morgan fingerprint density at radius 1 is 1.19 bits per heavy atom. The summed E-state index contributed by atoms with van der Waals surface area (Å²) in [6, 6.07) is 7.53. The van der Waals surface area contributed by atoms with Gasteiger partial charge in [0.25, 0.3) is 0 Å². The number of benzene rings is 2.